The fourth-order valence-electron chi connectivity index (χ4n) is 1.55. The van der Waals surface area contributed by atoms with Gasteiger partial charge in [-0.3, -0.25) is 4.98 Å². The lowest BCUT2D eigenvalue weighted by Gasteiger charge is -2.09. The Morgan fingerprint density at radius 2 is 2.00 bits per heavy atom. The average Bonchev–Trinajstić information content (AvgIpc) is 2.38. The summed E-state index contributed by atoms with van der Waals surface area (Å²) in [5.41, 5.74) is 1.89. The number of anilines is 1. The molecule has 0 atom stereocenters. The van der Waals surface area contributed by atoms with Crippen LogP contribution < -0.4 is 5.32 Å². The molecule has 1 aromatic carbocycles. The van der Waals surface area contributed by atoms with Crippen molar-refractivity contribution in [2.24, 2.45) is 0 Å². The number of hydrogen-bond donors (Lipinski definition) is 2. The van der Waals surface area contributed by atoms with Crippen molar-refractivity contribution in [2.75, 3.05) is 5.32 Å². The highest BCUT2D eigenvalue weighted by Crippen LogP contribution is 2.21. The third kappa shape index (κ3) is 3.07. The van der Waals surface area contributed by atoms with Crippen molar-refractivity contribution in [1.82, 2.24) is 4.98 Å². The van der Waals surface area contributed by atoms with Crippen LogP contribution in [-0.4, -0.2) is 16.1 Å². The maximum Gasteiger partial charge on any atom is 0.337 e. The zero-order valence-electron chi connectivity index (χ0n) is 9.43. The molecule has 0 saturated carbocycles. The molecule has 0 bridgehead atoms. The van der Waals surface area contributed by atoms with Gasteiger partial charge >= 0.3 is 5.97 Å². The highest BCUT2D eigenvalue weighted by Gasteiger charge is 2.10. The van der Waals surface area contributed by atoms with Gasteiger partial charge in [-0.25, -0.2) is 4.79 Å². The average molecular weight is 307 g/mol. The van der Waals surface area contributed by atoms with E-state index in [1.54, 1.807) is 30.6 Å². The molecule has 0 amide bonds. The molecular weight excluding hydrogens is 296 g/mol. The molecule has 92 valence electrons. The van der Waals surface area contributed by atoms with Gasteiger partial charge in [0.25, 0.3) is 0 Å². The summed E-state index contributed by atoms with van der Waals surface area (Å²) in [6.45, 7) is 0.560. The van der Waals surface area contributed by atoms with E-state index in [1.807, 2.05) is 12.1 Å². The van der Waals surface area contributed by atoms with Crippen LogP contribution >= 0.6 is 15.9 Å². The number of carbonyl (C=O) groups is 1. The number of aromatic carboxylic acids is 1. The molecule has 4 nitrogen and oxygen atoms in total. The van der Waals surface area contributed by atoms with Gasteiger partial charge in [0.1, 0.15) is 0 Å². The third-order valence-electron chi connectivity index (χ3n) is 2.44. The summed E-state index contributed by atoms with van der Waals surface area (Å²) < 4.78 is 0.745. The predicted molar refractivity (Wildman–Crippen MR) is 72.7 cm³/mol. The molecule has 0 unspecified atom stereocenters. The summed E-state index contributed by atoms with van der Waals surface area (Å²) in [4.78, 5) is 15.0. The second-order valence-corrected chi connectivity index (χ2v) is 4.62. The normalized spacial score (nSPS) is 10.1. The summed E-state index contributed by atoms with van der Waals surface area (Å²) in [7, 11) is 0. The minimum absolute atomic E-state index is 0.249. The number of aromatic nitrogens is 1. The van der Waals surface area contributed by atoms with Gasteiger partial charge in [0.2, 0.25) is 0 Å². The zero-order valence-corrected chi connectivity index (χ0v) is 11.0. The van der Waals surface area contributed by atoms with Crippen LogP contribution in [0.3, 0.4) is 0 Å². The first-order valence-corrected chi connectivity index (χ1v) is 6.12. The van der Waals surface area contributed by atoms with Crippen LogP contribution in [0.1, 0.15) is 15.9 Å². The van der Waals surface area contributed by atoms with Crippen LogP contribution in [0, 0.1) is 0 Å². The van der Waals surface area contributed by atoms with Crippen LogP contribution in [-0.2, 0) is 6.54 Å². The van der Waals surface area contributed by atoms with E-state index in [4.69, 9.17) is 5.11 Å². The van der Waals surface area contributed by atoms with E-state index in [9.17, 15) is 4.79 Å². The van der Waals surface area contributed by atoms with Gasteiger partial charge < -0.3 is 10.4 Å². The summed E-state index contributed by atoms with van der Waals surface area (Å²) in [5, 5.41) is 12.2. The van der Waals surface area contributed by atoms with Crippen molar-refractivity contribution >= 4 is 27.6 Å². The summed E-state index contributed by atoms with van der Waals surface area (Å²) in [6, 6.07) is 8.89. The Morgan fingerprint density at radius 1 is 1.28 bits per heavy atom. The summed E-state index contributed by atoms with van der Waals surface area (Å²) in [6.07, 6.45) is 3.41. The van der Waals surface area contributed by atoms with E-state index in [0.717, 1.165) is 10.0 Å². The van der Waals surface area contributed by atoms with Crippen LogP contribution in [0.5, 0.6) is 0 Å². The molecule has 0 spiro atoms. The molecule has 18 heavy (non-hydrogen) atoms. The summed E-state index contributed by atoms with van der Waals surface area (Å²) in [5.74, 6) is -0.950. The quantitative estimate of drug-likeness (QED) is 0.911. The van der Waals surface area contributed by atoms with E-state index < -0.39 is 5.97 Å². The van der Waals surface area contributed by atoms with Gasteiger partial charge in [-0.15, -0.1) is 0 Å². The molecule has 0 radical (unpaired) electrons. The number of rotatable bonds is 4. The molecule has 1 heterocycles. The fraction of sp³-hybridized carbons (Fsp3) is 0.0769. The molecular formula is C13H11BrN2O2. The fourth-order valence-corrected chi connectivity index (χ4v) is 1.91. The molecule has 0 aliphatic heterocycles. The number of pyridine rings is 1. The minimum Gasteiger partial charge on any atom is -0.478 e. The number of nitrogens with zero attached hydrogens (tertiary/aromatic N) is 1. The molecule has 0 saturated heterocycles. The van der Waals surface area contributed by atoms with Gasteiger partial charge in [-0.1, -0.05) is 15.9 Å². The third-order valence-corrected chi connectivity index (χ3v) is 2.94. The van der Waals surface area contributed by atoms with Gasteiger partial charge in [0.15, 0.2) is 0 Å². The molecule has 5 heteroatoms. The number of halogens is 1. The largest absolute Gasteiger partial charge is 0.478 e. The van der Waals surface area contributed by atoms with Crippen molar-refractivity contribution in [1.29, 1.82) is 0 Å². The zero-order chi connectivity index (χ0) is 13.0. The van der Waals surface area contributed by atoms with Crippen LogP contribution in [0.2, 0.25) is 0 Å². The van der Waals surface area contributed by atoms with Gasteiger partial charge in [0.05, 0.1) is 5.56 Å². The minimum atomic E-state index is -0.950. The van der Waals surface area contributed by atoms with Crippen molar-refractivity contribution in [3.8, 4) is 0 Å². The van der Waals surface area contributed by atoms with Gasteiger partial charge in [-0.2, -0.15) is 0 Å². The highest BCUT2D eigenvalue weighted by molar-refractivity contribution is 9.10. The molecule has 2 N–H and O–H groups in total. The number of benzene rings is 1. The van der Waals surface area contributed by atoms with E-state index >= 15 is 0 Å². The molecule has 0 fully saturated rings. The molecule has 0 aliphatic rings. The Bertz CT molecular complexity index is 558. The number of carboxylic acids is 1. The highest BCUT2D eigenvalue weighted by atomic mass is 79.9. The number of carboxylic acid groups (broad SMARTS) is 1. The SMILES string of the molecule is O=C(O)c1cc(Br)ccc1NCc1ccncc1. The lowest BCUT2D eigenvalue weighted by atomic mass is 10.1. The van der Waals surface area contributed by atoms with E-state index in [-0.39, 0.29) is 5.56 Å². The van der Waals surface area contributed by atoms with Gasteiger partial charge in [0, 0.05) is 29.1 Å². The molecule has 1 aromatic heterocycles. The Morgan fingerprint density at radius 3 is 2.67 bits per heavy atom. The number of hydrogen-bond acceptors (Lipinski definition) is 3. The van der Waals surface area contributed by atoms with Crippen molar-refractivity contribution in [3.05, 3.63) is 58.3 Å². The Kier molecular flexibility index (Phi) is 3.94. The lowest BCUT2D eigenvalue weighted by molar-refractivity contribution is 0.0698. The van der Waals surface area contributed by atoms with Gasteiger partial charge in [-0.05, 0) is 35.9 Å². The Balaban J connectivity index is 2.17. The Labute approximate surface area is 113 Å². The van der Waals surface area contributed by atoms with Crippen molar-refractivity contribution in [3.63, 3.8) is 0 Å². The summed E-state index contributed by atoms with van der Waals surface area (Å²) >= 11 is 3.26. The monoisotopic (exact) mass is 306 g/mol. The van der Waals surface area contributed by atoms with E-state index in [1.165, 1.54) is 0 Å². The van der Waals surface area contributed by atoms with E-state index in [2.05, 4.69) is 26.2 Å². The lowest BCUT2D eigenvalue weighted by Crippen LogP contribution is -2.06. The smallest absolute Gasteiger partial charge is 0.337 e. The first-order chi connectivity index (χ1) is 8.66. The first kappa shape index (κ1) is 12.6. The molecule has 0 aliphatic carbocycles. The van der Waals surface area contributed by atoms with Crippen molar-refractivity contribution < 1.29 is 9.90 Å². The second-order valence-electron chi connectivity index (χ2n) is 3.70. The maximum atomic E-state index is 11.1. The van der Waals surface area contributed by atoms with Crippen LogP contribution in [0.4, 0.5) is 5.69 Å². The molecule has 2 aromatic rings. The first-order valence-electron chi connectivity index (χ1n) is 5.32. The predicted octanol–water partition coefficient (Wildman–Crippen LogP) is 3.15. The van der Waals surface area contributed by atoms with Crippen LogP contribution in [0.15, 0.2) is 47.2 Å². The maximum absolute atomic E-state index is 11.1. The van der Waals surface area contributed by atoms with E-state index in [0.29, 0.717) is 12.2 Å². The topological polar surface area (TPSA) is 62.2 Å². The van der Waals surface area contributed by atoms with Crippen LogP contribution in [0.25, 0.3) is 0 Å². The Hall–Kier alpha value is -1.88. The standard InChI is InChI=1S/C13H11BrN2O2/c14-10-1-2-12(11(7-10)13(17)18)16-8-9-3-5-15-6-4-9/h1-7,16H,8H2,(H,17,18). The molecule has 2 rings (SSSR count). The second kappa shape index (κ2) is 5.64. The number of nitrogens with one attached hydrogen (secondary N) is 1. The van der Waals surface area contributed by atoms with Crippen molar-refractivity contribution in [2.45, 2.75) is 6.54 Å².